The second-order valence-corrected chi connectivity index (χ2v) is 3.01. The van der Waals surface area contributed by atoms with Crippen LogP contribution in [0.4, 0.5) is 0 Å². The first-order valence-corrected chi connectivity index (χ1v) is 4.40. The summed E-state index contributed by atoms with van der Waals surface area (Å²) in [5, 5.41) is 1.47. The Labute approximate surface area is 69.2 Å². The van der Waals surface area contributed by atoms with E-state index < -0.39 is 0 Å². The van der Waals surface area contributed by atoms with E-state index in [0.29, 0.717) is 5.15 Å². The third kappa shape index (κ3) is 1.61. The maximum Gasteiger partial charge on any atom is 0.360 e. The Bertz CT molecular complexity index is 239. The van der Waals surface area contributed by atoms with E-state index >= 15 is 0 Å². The van der Waals surface area contributed by atoms with Crippen LogP contribution in [0.15, 0.2) is 17.4 Å². The van der Waals surface area contributed by atoms with E-state index in [2.05, 4.69) is 4.98 Å². The molecule has 10 heavy (non-hydrogen) atoms. The summed E-state index contributed by atoms with van der Waals surface area (Å²) in [6, 6.07) is 1.77. The molecule has 2 nitrogen and oxygen atoms in total. The van der Waals surface area contributed by atoms with Gasteiger partial charge in [-0.05, 0) is 34.6 Å². The summed E-state index contributed by atoms with van der Waals surface area (Å²) in [4.78, 5) is 4.08. The molecule has 0 amide bonds. The monoisotopic (exact) mass is 175 g/mol. The van der Waals surface area contributed by atoms with Crippen LogP contribution in [0.1, 0.15) is 0 Å². The van der Waals surface area contributed by atoms with Gasteiger partial charge in [0.2, 0.25) is 5.15 Å². The van der Waals surface area contributed by atoms with Gasteiger partial charge in [0.15, 0.2) is 0 Å². The minimum atomic E-state index is 0.544. The van der Waals surface area contributed by atoms with Crippen molar-refractivity contribution in [1.82, 2.24) is 4.98 Å². The molecule has 0 saturated heterocycles. The van der Waals surface area contributed by atoms with Crippen LogP contribution in [0, 0.1) is 0 Å². The highest BCUT2D eigenvalue weighted by Gasteiger charge is 2.07. The summed E-state index contributed by atoms with van der Waals surface area (Å²) in [7, 11) is 1.94. The second-order valence-electron chi connectivity index (χ2n) is 1.85. The molecule has 0 spiro atoms. The van der Waals surface area contributed by atoms with Gasteiger partial charge in [-0.25, -0.2) is 4.57 Å². The minimum absolute atomic E-state index is 0.544. The lowest BCUT2D eigenvalue weighted by atomic mass is 10.7. The molecule has 0 aliphatic carbocycles. The standard InChI is InChI=1S/C6H8ClN2S/c1-9-4-3-5(7)8-6(9)10-2/h3-4H,1-2H3/q+1. The largest absolute Gasteiger partial charge is 0.360 e. The number of nitrogens with zero attached hydrogens (tertiary/aromatic N) is 2. The quantitative estimate of drug-likeness (QED) is 0.277. The Kier molecular flexibility index (Phi) is 2.51. The van der Waals surface area contributed by atoms with E-state index in [4.69, 9.17) is 11.6 Å². The molecule has 0 fully saturated rings. The van der Waals surface area contributed by atoms with Crippen molar-refractivity contribution in [3.63, 3.8) is 0 Å². The maximum absolute atomic E-state index is 5.66. The third-order valence-electron chi connectivity index (χ3n) is 1.12. The molecule has 54 valence electrons. The fourth-order valence-electron chi connectivity index (χ4n) is 0.634. The first-order chi connectivity index (χ1) is 4.74. The lowest BCUT2D eigenvalue weighted by Crippen LogP contribution is -2.31. The van der Waals surface area contributed by atoms with E-state index in [-0.39, 0.29) is 0 Å². The van der Waals surface area contributed by atoms with Crippen LogP contribution in [0.25, 0.3) is 0 Å². The van der Waals surface area contributed by atoms with Crippen molar-refractivity contribution in [2.24, 2.45) is 7.05 Å². The van der Waals surface area contributed by atoms with Gasteiger partial charge in [0.25, 0.3) is 0 Å². The molecule has 1 heterocycles. The zero-order chi connectivity index (χ0) is 7.56. The second kappa shape index (κ2) is 3.21. The van der Waals surface area contributed by atoms with Crippen molar-refractivity contribution in [1.29, 1.82) is 0 Å². The van der Waals surface area contributed by atoms with E-state index in [1.165, 1.54) is 0 Å². The normalized spacial score (nSPS) is 9.90. The predicted molar refractivity (Wildman–Crippen MR) is 42.2 cm³/mol. The van der Waals surface area contributed by atoms with Gasteiger partial charge in [0, 0.05) is 6.07 Å². The molecule has 0 radical (unpaired) electrons. The lowest BCUT2D eigenvalue weighted by Gasteiger charge is -1.91. The number of rotatable bonds is 1. The number of hydrogen-bond donors (Lipinski definition) is 0. The highest BCUT2D eigenvalue weighted by atomic mass is 35.5. The summed E-state index contributed by atoms with van der Waals surface area (Å²) in [5.41, 5.74) is 0. The zero-order valence-electron chi connectivity index (χ0n) is 5.84. The van der Waals surface area contributed by atoms with E-state index in [0.717, 1.165) is 5.16 Å². The lowest BCUT2D eigenvalue weighted by molar-refractivity contribution is -0.713. The Morgan fingerprint density at radius 1 is 1.70 bits per heavy atom. The molecule has 0 aromatic carbocycles. The average molecular weight is 176 g/mol. The maximum atomic E-state index is 5.66. The first-order valence-electron chi connectivity index (χ1n) is 2.80. The summed E-state index contributed by atoms with van der Waals surface area (Å²) in [6.07, 6.45) is 3.86. The van der Waals surface area contributed by atoms with Crippen molar-refractivity contribution in [2.75, 3.05) is 6.26 Å². The topological polar surface area (TPSA) is 16.8 Å². The van der Waals surface area contributed by atoms with Gasteiger partial charge in [-0.2, -0.15) is 0 Å². The van der Waals surface area contributed by atoms with Crippen LogP contribution in [-0.4, -0.2) is 11.2 Å². The van der Waals surface area contributed by atoms with E-state index in [1.807, 2.05) is 24.1 Å². The molecule has 1 rings (SSSR count). The number of thioether (sulfide) groups is 1. The summed E-state index contributed by atoms with van der Waals surface area (Å²) < 4.78 is 1.93. The molecule has 0 aliphatic rings. The Morgan fingerprint density at radius 2 is 2.40 bits per heavy atom. The fourth-order valence-corrected chi connectivity index (χ4v) is 1.36. The van der Waals surface area contributed by atoms with Crippen LogP contribution in [0.5, 0.6) is 0 Å². The summed E-state index contributed by atoms with van der Waals surface area (Å²) >= 11 is 7.23. The predicted octanol–water partition coefficient (Wildman–Crippen LogP) is 1.28. The summed E-state index contributed by atoms with van der Waals surface area (Å²) in [5.74, 6) is 0. The average Bonchev–Trinajstić information content (AvgIpc) is 1.94. The number of aromatic nitrogens is 2. The van der Waals surface area contributed by atoms with E-state index in [1.54, 1.807) is 17.8 Å². The molecule has 0 aliphatic heterocycles. The van der Waals surface area contributed by atoms with Gasteiger partial charge in [-0.3, -0.25) is 0 Å². The van der Waals surface area contributed by atoms with Crippen LogP contribution < -0.4 is 4.57 Å². The van der Waals surface area contributed by atoms with Crippen molar-refractivity contribution in [3.8, 4) is 0 Å². The highest BCUT2D eigenvalue weighted by Crippen LogP contribution is 2.08. The molecule has 0 unspecified atom stereocenters. The Balaban J connectivity index is 3.09. The molecular weight excluding hydrogens is 168 g/mol. The zero-order valence-corrected chi connectivity index (χ0v) is 7.41. The van der Waals surface area contributed by atoms with Crippen LogP contribution in [-0.2, 0) is 7.05 Å². The van der Waals surface area contributed by atoms with Crippen LogP contribution in [0.3, 0.4) is 0 Å². The molecule has 1 aromatic rings. The van der Waals surface area contributed by atoms with Crippen LogP contribution >= 0.6 is 23.4 Å². The smallest absolute Gasteiger partial charge is 0.228 e. The first kappa shape index (κ1) is 7.82. The highest BCUT2D eigenvalue weighted by molar-refractivity contribution is 7.98. The number of halogens is 1. The van der Waals surface area contributed by atoms with Gasteiger partial charge in [-0.15, -0.1) is 0 Å². The molecule has 1 aromatic heterocycles. The van der Waals surface area contributed by atoms with Gasteiger partial charge >= 0.3 is 5.16 Å². The Hall–Kier alpha value is -0.280. The van der Waals surface area contributed by atoms with Crippen molar-refractivity contribution in [3.05, 3.63) is 17.4 Å². The number of aryl methyl sites for hydroxylation is 1. The SMILES string of the molecule is CSc1nc(Cl)cc[n+]1C. The molecule has 0 bridgehead atoms. The minimum Gasteiger partial charge on any atom is -0.228 e. The van der Waals surface area contributed by atoms with Crippen molar-refractivity contribution < 1.29 is 4.57 Å². The van der Waals surface area contributed by atoms with Gasteiger partial charge < -0.3 is 0 Å². The number of hydrogen-bond acceptors (Lipinski definition) is 2. The molecule has 0 saturated carbocycles. The summed E-state index contributed by atoms with van der Waals surface area (Å²) in [6.45, 7) is 0. The van der Waals surface area contributed by atoms with E-state index in [9.17, 15) is 0 Å². The van der Waals surface area contributed by atoms with Gasteiger partial charge in [0.1, 0.15) is 0 Å². The molecular formula is C6H8ClN2S+. The Morgan fingerprint density at radius 3 is 2.90 bits per heavy atom. The molecule has 0 atom stereocenters. The van der Waals surface area contributed by atoms with Gasteiger partial charge in [-0.1, -0.05) is 0 Å². The van der Waals surface area contributed by atoms with Crippen molar-refractivity contribution in [2.45, 2.75) is 5.16 Å². The van der Waals surface area contributed by atoms with Gasteiger partial charge in [0.05, 0.1) is 13.2 Å². The van der Waals surface area contributed by atoms with Crippen LogP contribution in [0.2, 0.25) is 5.15 Å². The fraction of sp³-hybridized carbons (Fsp3) is 0.333. The molecule has 0 N–H and O–H groups in total. The third-order valence-corrected chi connectivity index (χ3v) is 2.08. The van der Waals surface area contributed by atoms with Crippen molar-refractivity contribution >= 4 is 23.4 Å². The molecule has 4 heteroatoms.